The van der Waals surface area contributed by atoms with Crippen molar-refractivity contribution in [3.05, 3.63) is 93.7 Å². The van der Waals surface area contributed by atoms with Crippen molar-refractivity contribution >= 4 is 49.7 Å². The number of nitrogens with zero attached hydrogens (tertiary/aromatic N) is 3. The van der Waals surface area contributed by atoms with Crippen LogP contribution < -0.4 is 5.43 Å². The normalized spacial score (nSPS) is 11.7. The van der Waals surface area contributed by atoms with Crippen molar-refractivity contribution in [3.63, 3.8) is 0 Å². The number of pyridine rings is 1. The maximum absolute atomic E-state index is 13.2. The maximum Gasteiger partial charge on any atom is 0.255 e. The Morgan fingerprint density at radius 3 is 2.35 bits per heavy atom. The van der Waals surface area contributed by atoms with Gasteiger partial charge in [-0.25, -0.2) is 13.8 Å². The lowest BCUT2D eigenvalue weighted by Crippen LogP contribution is -2.39. The number of hydrogen-bond donors (Lipinski definition) is 1. The number of carbonyl (C=O) groups excluding carboxylic acids is 1. The molecule has 10 heteroatoms. The van der Waals surface area contributed by atoms with Crippen LogP contribution in [-0.2, 0) is 21.4 Å². The molecule has 7 nitrogen and oxygen atoms in total. The van der Waals surface area contributed by atoms with Gasteiger partial charge in [-0.3, -0.25) is 9.78 Å². The van der Waals surface area contributed by atoms with Crippen molar-refractivity contribution in [3.8, 4) is 0 Å². The van der Waals surface area contributed by atoms with Gasteiger partial charge in [0.05, 0.1) is 17.7 Å². The van der Waals surface area contributed by atoms with E-state index in [-0.39, 0.29) is 11.4 Å². The zero-order valence-electron chi connectivity index (χ0n) is 16.2. The van der Waals surface area contributed by atoms with Gasteiger partial charge in [0.1, 0.15) is 0 Å². The van der Waals surface area contributed by atoms with Crippen molar-refractivity contribution in [2.24, 2.45) is 5.10 Å². The average Bonchev–Trinajstić information content (AvgIpc) is 2.76. The fourth-order valence-corrected chi connectivity index (χ4v) is 4.37. The fraction of sp³-hybridized carbons (Fsp3) is 0.0952. The summed E-state index contributed by atoms with van der Waals surface area (Å²) in [7, 11) is -3.94. The highest BCUT2D eigenvalue weighted by Gasteiger charge is 2.27. The first kappa shape index (κ1) is 23.1. The number of hydrazone groups is 1. The van der Waals surface area contributed by atoms with Gasteiger partial charge in [0.2, 0.25) is 10.0 Å². The minimum Gasteiger partial charge on any atom is -0.272 e. The molecule has 0 atom stereocenters. The van der Waals surface area contributed by atoms with E-state index in [0.717, 1.165) is 14.3 Å². The maximum atomic E-state index is 13.2. The smallest absolute Gasteiger partial charge is 0.255 e. The standard InChI is InChI=1S/C21H18BrClN4O3S/c22-18-3-7-20(8-4-18)31(29,30)27(14-17-1-5-19(23)6-2-17)15-21(28)26-25-13-16-9-11-24-12-10-16/h1-13H,14-15H2,(H,26,28)/b25-13-. The molecular formula is C21H18BrClN4O3S. The first-order chi connectivity index (χ1) is 14.8. The van der Waals surface area contributed by atoms with Crippen LogP contribution in [-0.4, -0.2) is 36.4 Å². The summed E-state index contributed by atoms with van der Waals surface area (Å²) in [6.45, 7) is -0.411. The third-order valence-electron chi connectivity index (χ3n) is 4.15. The first-order valence-corrected chi connectivity index (χ1v) is 11.7. The Morgan fingerprint density at radius 1 is 1.06 bits per heavy atom. The van der Waals surface area contributed by atoms with Gasteiger partial charge in [0.15, 0.2) is 0 Å². The zero-order valence-corrected chi connectivity index (χ0v) is 19.3. The summed E-state index contributed by atoms with van der Waals surface area (Å²) >= 11 is 9.21. The molecule has 0 aliphatic rings. The molecule has 1 amide bonds. The lowest BCUT2D eigenvalue weighted by molar-refractivity contribution is -0.121. The van der Waals surface area contributed by atoms with Gasteiger partial charge in [0.25, 0.3) is 5.91 Å². The Kier molecular flexibility index (Phi) is 7.91. The molecule has 0 saturated heterocycles. The second-order valence-corrected chi connectivity index (χ2v) is 9.72. The highest BCUT2D eigenvalue weighted by Crippen LogP contribution is 2.21. The molecule has 160 valence electrons. The van der Waals surface area contributed by atoms with Crippen LogP contribution in [0.15, 0.2) is 87.5 Å². The number of rotatable bonds is 8. The van der Waals surface area contributed by atoms with Crippen molar-refractivity contribution in [1.82, 2.24) is 14.7 Å². The summed E-state index contributed by atoms with van der Waals surface area (Å²) < 4.78 is 28.3. The molecule has 1 N–H and O–H groups in total. The predicted molar refractivity (Wildman–Crippen MR) is 123 cm³/mol. The fourth-order valence-electron chi connectivity index (χ4n) is 2.60. The van der Waals surface area contributed by atoms with E-state index >= 15 is 0 Å². The Hall–Kier alpha value is -2.59. The molecule has 3 rings (SSSR count). The first-order valence-electron chi connectivity index (χ1n) is 9.07. The van der Waals surface area contributed by atoms with Gasteiger partial charge >= 0.3 is 0 Å². The van der Waals surface area contributed by atoms with Gasteiger partial charge in [-0.05, 0) is 59.7 Å². The van der Waals surface area contributed by atoms with Gasteiger partial charge in [-0.2, -0.15) is 9.41 Å². The van der Waals surface area contributed by atoms with E-state index in [0.29, 0.717) is 10.6 Å². The van der Waals surface area contributed by atoms with E-state index in [1.54, 1.807) is 60.9 Å². The minimum absolute atomic E-state index is 0.00292. The number of halogens is 2. The van der Waals surface area contributed by atoms with Crippen LogP contribution in [0.3, 0.4) is 0 Å². The Bertz CT molecular complexity index is 1160. The summed E-state index contributed by atoms with van der Waals surface area (Å²) in [6, 6.07) is 16.4. The van der Waals surface area contributed by atoms with Crippen molar-refractivity contribution < 1.29 is 13.2 Å². The van der Waals surface area contributed by atoms with E-state index in [1.807, 2.05) is 0 Å². The molecular weight excluding hydrogens is 504 g/mol. The molecule has 0 aliphatic heterocycles. The number of aromatic nitrogens is 1. The predicted octanol–water partition coefficient (Wildman–Crippen LogP) is 3.84. The third-order valence-corrected chi connectivity index (χ3v) is 6.74. The molecule has 0 radical (unpaired) electrons. The summed E-state index contributed by atoms with van der Waals surface area (Å²) in [4.78, 5) is 16.4. The number of sulfonamides is 1. The largest absolute Gasteiger partial charge is 0.272 e. The number of nitrogens with one attached hydrogen (secondary N) is 1. The van der Waals surface area contributed by atoms with Crippen LogP contribution in [0.2, 0.25) is 5.02 Å². The molecule has 1 heterocycles. The van der Waals surface area contributed by atoms with Crippen molar-refractivity contribution in [1.29, 1.82) is 0 Å². The number of amides is 1. The van der Waals surface area contributed by atoms with Crippen LogP contribution in [0.1, 0.15) is 11.1 Å². The van der Waals surface area contributed by atoms with Gasteiger partial charge in [-0.1, -0.05) is 39.7 Å². The third kappa shape index (κ3) is 6.70. The second-order valence-electron chi connectivity index (χ2n) is 6.43. The number of carbonyl (C=O) groups is 1. The molecule has 0 spiro atoms. The average molecular weight is 522 g/mol. The molecule has 0 bridgehead atoms. The quantitative estimate of drug-likeness (QED) is 0.360. The lowest BCUT2D eigenvalue weighted by Gasteiger charge is -2.21. The molecule has 0 unspecified atom stereocenters. The van der Waals surface area contributed by atoms with Crippen LogP contribution in [0.5, 0.6) is 0 Å². The summed E-state index contributed by atoms with van der Waals surface area (Å²) in [5, 5.41) is 4.42. The van der Waals surface area contributed by atoms with E-state index in [2.05, 4.69) is 31.4 Å². The highest BCUT2D eigenvalue weighted by atomic mass is 79.9. The van der Waals surface area contributed by atoms with Gasteiger partial charge in [-0.15, -0.1) is 0 Å². The molecule has 3 aromatic rings. The molecule has 1 aromatic heterocycles. The van der Waals surface area contributed by atoms with E-state index < -0.39 is 22.5 Å². The number of benzene rings is 2. The van der Waals surface area contributed by atoms with Crippen molar-refractivity contribution in [2.75, 3.05) is 6.54 Å². The van der Waals surface area contributed by atoms with Crippen LogP contribution in [0, 0.1) is 0 Å². The summed E-state index contributed by atoms with van der Waals surface area (Å²) in [6.07, 6.45) is 4.65. The van der Waals surface area contributed by atoms with Gasteiger partial charge < -0.3 is 0 Å². The van der Waals surface area contributed by atoms with E-state index in [4.69, 9.17) is 11.6 Å². The molecule has 0 fully saturated rings. The Morgan fingerprint density at radius 2 is 1.71 bits per heavy atom. The topological polar surface area (TPSA) is 91.7 Å². The SMILES string of the molecule is O=C(CN(Cc1ccc(Cl)cc1)S(=O)(=O)c1ccc(Br)cc1)N/N=C\c1ccncc1. The molecule has 31 heavy (non-hydrogen) atoms. The zero-order chi connectivity index (χ0) is 22.3. The van der Waals surface area contributed by atoms with E-state index in [9.17, 15) is 13.2 Å². The summed E-state index contributed by atoms with van der Waals surface area (Å²) in [5.41, 5.74) is 3.80. The monoisotopic (exact) mass is 520 g/mol. The van der Waals surface area contributed by atoms with Gasteiger partial charge in [0, 0.05) is 28.4 Å². The highest BCUT2D eigenvalue weighted by molar-refractivity contribution is 9.10. The molecule has 0 aliphatic carbocycles. The second kappa shape index (κ2) is 10.6. The lowest BCUT2D eigenvalue weighted by atomic mass is 10.2. The molecule has 0 saturated carbocycles. The Balaban J connectivity index is 1.79. The van der Waals surface area contributed by atoms with E-state index in [1.165, 1.54) is 18.3 Å². The Labute approximate surface area is 193 Å². The minimum atomic E-state index is -3.94. The number of hydrogen-bond acceptors (Lipinski definition) is 5. The summed E-state index contributed by atoms with van der Waals surface area (Å²) in [5.74, 6) is -0.569. The van der Waals surface area contributed by atoms with Crippen LogP contribution in [0.25, 0.3) is 0 Å². The molecule has 2 aromatic carbocycles. The van der Waals surface area contributed by atoms with Crippen LogP contribution in [0.4, 0.5) is 0 Å². The van der Waals surface area contributed by atoms with Crippen molar-refractivity contribution in [2.45, 2.75) is 11.4 Å². The van der Waals surface area contributed by atoms with Crippen LogP contribution >= 0.6 is 27.5 Å².